The minimum atomic E-state index is -0.116. The molecule has 1 aliphatic rings. The van der Waals surface area contributed by atoms with E-state index in [4.69, 9.17) is 0 Å². The van der Waals surface area contributed by atoms with Crippen LogP contribution < -0.4 is 0 Å². The van der Waals surface area contributed by atoms with E-state index in [2.05, 4.69) is 85.8 Å². The topological polar surface area (TPSA) is 0 Å². The number of benzene rings is 2. The van der Waals surface area contributed by atoms with Crippen LogP contribution >= 0.6 is 24.8 Å². The quantitative estimate of drug-likeness (QED) is 0.586. The fourth-order valence-electron chi connectivity index (χ4n) is 2.77. The monoisotopic (exact) mass is 407 g/mol. The first kappa shape index (κ1) is 21.4. The molecule has 0 aromatic heterocycles. The molecule has 0 bridgehead atoms. The van der Waals surface area contributed by atoms with Crippen molar-refractivity contribution >= 4 is 24.8 Å². The van der Waals surface area contributed by atoms with Crippen LogP contribution in [-0.2, 0) is 31.6 Å². The third-order valence-corrected chi connectivity index (χ3v) is 3.94. The van der Waals surface area contributed by atoms with Crippen LogP contribution in [0.15, 0.2) is 78.4 Å². The smallest absolute Gasteiger partial charge is 0.00924 e. The van der Waals surface area contributed by atoms with Gasteiger partial charge < -0.3 is 0 Å². The summed E-state index contributed by atoms with van der Waals surface area (Å²) in [6.45, 7) is 2.29. The Morgan fingerprint density at radius 1 is 0.818 bits per heavy atom. The number of rotatable bonds is 3. The minimum Gasteiger partial charge on any atom is -0.268 e. The molecule has 22 heavy (non-hydrogen) atoms. The molecule has 0 heterocycles. The number of hydrogen-bond acceptors (Lipinski definition) is 0. The van der Waals surface area contributed by atoms with Crippen LogP contribution in [-0.4, -0.2) is 0 Å². The molecule has 2 aromatic rings. The minimum absolute atomic E-state index is 0. The molecule has 0 aliphatic heterocycles. The van der Waals surface area contributed by atoms with Crippen LogP contribution in [0.4, 0.5) is 0 Å². The van der Waals surface area contributed by atoms with Crippen LogP contribution in [0, 0.1) is 6.08 Å². The zero-order valence-electron chi connectivity index (χ0n) is 12.5. The van der Waals surface area contributed by atoms with Gasteiger partial charge in [0.1, 0.15) is 0 Å². The van der Waals surface area contributed by atoms with Crippen LogP contribution in [0.25, 0.3) is 0 Å². The van der Waals surface area contributed by atoms with Gasteiger partial charge in [0.25, 0.3) is 0 Å². The van der Waals surface area contributed by atoms with Crippen LogP contribution in [0.1, 0.15) is 24.5 Å². The second kappa shape index (κ2) is 9.51. The van der Waals surface area contributed by atoms with Gasteiger partial charge in [-0.2, -0.15) is 6.08 Å². The molecular weight excluding hydrogens is 390 g/mol. The second-order valence-corrected chi connectivity index (χ2v) is 5.05. The summed E-state index contributed by atoms with van der Waals surface area (Å²) in [5.41, 5.74) is 3.78. The summed E-state index contributed by atoms with van der Waals surface area (Å²) in [6.07, 6.45) is 8.81. The number of hydrogen-bond donors (Lipinski definition) is 0. The Labute approximate surface area is 164 Å². The Morgan fingerprint density at radius 3 is 1.64 bits per heavy atom. The van der Waals surface area contributed by atoms with Crippen molar-refractivity contribution in [3.05, 3.63) is 95.6 Å². The van der Waals surface area contributed by atoms with Gasteiger partial charge in [-0.25, -0.2) is 11.6 Å². The van der Waals surface area contributed by atoms with Crippen molar-refractivity contribution in [3.63, 3.8) is 0 Å². The zero-order chi connectivity index (χ0) is 13.1. The van der Waals surface area contributed by atoms with Gasteiger partial charge >= 0.3 is 0 Å². The molecule has 3 rings (SSSR count). The molecule has 0 amide bonds. The summed E-state index contributed by atoms with van der Waals surface area (Å²) >= 11 is 0. The Morgan fingerprint density at radius 2 is 1.27 bits per heavy atom. The molecule has 1 aliphatic carbocycles. The second-order valence-electron chi connectivity index (χ2n) is 5.05. The standard InChI is InChI=1S/C19H17.2ClH.Zr/c1-19(18-14-8-9-15-18,16-10-4-2-5-11-16)17-12-6-3-7-13-17;;;/h2-8,10-14H,9H2,1H3;2*1H;/q-1;;;. The molecule has 0 N–H and O–H groups in total. The van der Waals surface area contributed by atoms with E-state index in [1.165, 1.54) is 16.7 Å². The molecule has 0 saturated carbocycles. The first-order chi connectivity index (χ1) is 9.32. The SMILES string of the molecule is CC(C1=[C-]CC=C1)(c1ccccc1)c1ccccc1.Cl.Cl.[Zr]. The van der Waals surface area contributed by atoms with E-state index in [-0.39, 0.29) is 56.4 Å². The molecule has 2 aromatic carbocycles. The van der Waals surface area contributed by atoms with E-state index in [0.29, 0.717) is 0 Å². The predicted molar refractivity (Wildman–Crippen MR) is 94.3 cm³/mol. The first-order valence-corrected chi connectivity index (χ1v) is 6.71. The molecule has 0 unspecified atom stereocenters. The largest absolute Gasteiger partial charge is 0.268 e. The third kappa shape index (κ3) is 4.02. The van der Waals surface area contributed by atoms with Gasteiger partial charge in [-0.3, -0.25) is 6.08 Å². The molecule has 0 atom stereocenters. The average molecular weight is 409 g/mol. The van der Waals surface area contributed by atoms with Gasteiger partial charge in [0.2, 0.25) is 0 Å². The number of allylic oxidation sites excluding steroid dienone is 4. The predicted octanol–water partition coefficient (Wildman–Crippen LogP) is 5.52. The molecule has 0 saturated heterocycles. The van der Waals surface area contributed by atoms with Crippen molar-refractivity contribution < 1.29 is 26.2 Å². The van der Waals surface area contributed by atoms with E-state index in [1.807, 2.05) is 0 Å². The van der Waals surface area contributed by atoms with Gasteiger partial charge in [-0.15, -0.1) is 31.2 Å². The Kier molecular flexibility index (Phi) is 9.24. The Bertz CT molecular complexity index is 579. The number of halogens is 2. The Hall–Kier alpha value is -0.617. The van der Waals surface area contributed by atoms with Gasteiger partial charge in [-0.05, 0) is 11.1 Å². The fourth-order valence-corrected chi connectivity index (χ4v) is 2.77. The molecule has 0 nitrogen and oxygen atoms in total. The zero-order valence-corrected chi connectivity index (χ0v) is 16.5. The van der Waals surface area contributed by atoms with Gasteiger partial charge in [-0.1, -0.05) is 67.6 Å². The summed E-state index contributed by atoms with van der Waals surface area (Å²) < 4.78 is 0. The maximum absolute atomic E-state index is 3.50. The Balaban J connectivity index is 0.00000147. The van der Waals surface area contributed by atoms with E-state index < -0.39 is 0 Å². The molecule has 0 spiro atoms. The third-order valence-electron chi connectivity index (χ3n) is 3.94. The van der Waals surface area contributed by atoms with Crippen molar-refractivity contribution in [1.29, 1.82) is 0 Å². The van der Waals surface area contributed by atoms with Crippen molar-refractivity contribution in [3.8, 4) is 0 Å². The molecule has 114 valence electrons. The summed E-state index contributed by atoms with van der Waals surface area (Å²) in [4.78, 5) is 0. The van der Waals surface area contributed by atoms with Crippen molar-refractivity contribution in [1.82, 2.24) is 0 Å². The van der Waals surface area contributed by atoms with Crippen LogP contribution in [0.5, 0.6) is 0 Å². The van der Waals surface area contributed by atoms with Crippen molar-refractivity contribution in [2.75, 3.05) is 0 Å². The molecule has 0 fully saturated rings. The van der Waals surface area contributed by atoms with E-state index >= 15 is 0 Å². The summed E-state index contributed by atoms with van der Waals surface area (Å²) in [5, 5.41) is 0. The molecule has 3 heteroatoms. The summed E-state index contributed by atoms with van der Waals surface area (Å²) in [7, 11) is 0. The van der Waals surface area contributed by atoms with Gasteiger partial charge in [0.05, 0.1) is 0 Å². The molecular formula is C19H19Cl2Zr-. The van der Waals surface area contributed by atoms with Gasteiger partial charge in [0, 0.05) is 31.6 Å². The van der Waals surface area contributed by atoms with Crippen molar-refractivity contribution in [2.45, 2.75) is 18.8 Å². The van der Waals surface area contributed by atoms with Crippen LogP contribution in [0.2, 0.25) is 0 Å². The maximum atomic E-state index is 3.50. The van der Waals surface area contributed by atoms with Crippen LogP contribution in [0.3, 0.4) is 0 Å². The first-order valence-electron chi connectivity index (χ1n) is 6.71. The van der Waals surface area contributed by atoms with E-state index in [1.54, 1.807) is 0 Å². The summed E-state index contributed by atoms with van der Waals surface area (Å²) in [6, 6.07) is 21.4. The van der Waals surface area contributed by atoms with Crippen molar-refractivity contribution in [2.24, 2.45) is 0 Å². The van der Waals surface area contributed by atoms with Gasteiger partial charge in [0.15, 0.2) is 0 Å². The summed E-state index contributed by atoms with van der Waals surface area (Å²) in [5.74, 6) is 0. The normalized spacial score (nSPS) is 12.5. The fraction of sp³-hybridized carbons (Fsp3) is 0.158. The average Bonchev–Trinajstić information content (AvgIpc) is 3.03. The van der Waals surface area contributed by atoms with E-state index in [9.17, 15) is 0 Å². The molecule has 0 radical (unpaired) electrons. The maximum Gasteiger partial charge on any atom is 0.00924 e. The van der Waals surface area contributed by atoms with E-state index in [0.717, 1.165) is 6.42 Å².